The molecule has 1 aromatic carbocycles. The SMILES string of the molecule is CCOC(=O)OCCCCCCCc1ccccc1. The van der Waals surface area contributed by atoms with Crippen LogP contribution in [0.4, 0.5) is 4.79 Å². The molecule has 0 unspecified atom stereocenters. The Balaban J connectivity index is 1.88. The molecule has 0 radical (unpaired) electrons. The molecule has 0 saturated heterocycles. The molecule has 0 amide bonds. The normalized spacial score (nSPS) is 10.2. The van der Waals surface area contributed by atoms with Crippen LogP contribution in [0.25, 0.3) is 0 Å². The van der Waals surface area contributed by atoms with Gasteiger partial charge < -0.3 is 9.47 Å². The predicted octanol–water partition coefficient (Wildman–Crippen LogP) is 4.35. The van der Waals surface area contributed by atoms with Crippen molar-refractivity contribution in [1.29, 1.82) is 0 Å². The number of benzene rings is 1. The summed E-state index contributed by atoms with van der Waals surface area (Å²) in [7, 11) is 0. The van der Waals surface area contributed by atoms with Crippen molar-refractivity contribution in [3.63, 3.8) is 0 Å². The van der Waals surface area contributed by atoms with Crippen molar-refractivity contribution in [2.45, 2.75) is 45.4 Å². The minimum absolute atomic E-state index is 0.373. The minimum Gasteiger partial charge on any atom is -0.435 e. The van der Waals surface area contributed by atoms with Gasteiger partial charge in [-0.2, -0.15) is 0 Å². The third kappa shape index (κ3) is 8.25. The van der Waals surface area contributed by atoms with Gasteiger partial charge in [-0.1, -0.05) is 49.6 Å². The first-order chi connectivity index (χ1) is 9.33. The monoisotopic (exact) mass is 264 g/mol. The molecule has 1 aromatic rings. The zero-order chi connectivity index (χ0) is 13.8. The predicted molar refractivity (Wildman–Crippen MR) is 76.2 cm³/mol. The number of ether oxygens (including phenoxy) is 2. The van der Waals surface area contributed by atoms with Gasteiger partial charge in [-0.05, 0) is 31.7 Å². The lowest BCUT2D eigenvalue weighted by Crippen LogP contribution is -2.07. The molecular weight excluding hydrogens is 240 g/mol. The summed E-state index contributed by atoms with van der Waals surface area (Å²) in [6.07, 6.45) is 6.28. The summed E-state index contributed by atoms with van der Waals surface area (Å²) in [5.74, 6) is 0. The Morgan fingerprint density at radius 3 is 2.37 bits per heavy atom. The van der Waals surface area contributed by atoms with E-state index >= 15 is 0 Å². The Hall–Kier alpha value is -1.51. The van der Waals surface area contributed by atoms with Crippen LogP contribution in [0.2, 0.25) is 0 Å². The van der Waals surface area contributed by atoms with Crippen molar-refractivity contribution in [3.8, 4) is 0 Å². The molecule has 0 N–H and O–H groups in total. The van der Waals surface area contributed by atoms with Gasteiger partial charge in [0.1, 0.15) is 0 Å². The van der Waals surface area contributed by atoms with Crippen LogP contribution in [0, 0.1) is 0 Å². The highest BCUT2D eigenvalue weighted by Crippen LogP contribution is 2.08. The molecule has 0 saturated carbocycles. The lowest BCUT2D eigenvalue weighted by atomic mass is 10.1. The third-order valence-electron chi connectivity index (χ3n) is 2.93. The van der Waals surface area contributed by atoms with E-state index in [9.17, 15) is 4.79 Å². The zero-order valence-corrected chi connectivity index (χ0v) is 11.8. The summed E-state index contributed by atoms with van der Waals surface area (Å²) in [6, 6.07) is 10.6. The van der Waals surface area contributed by atoms with Crippen molar-refractivity contribution in [2.75, 3.05) is 13.2 Å². The fraction of sp³-hybridized carbons (Fsp3) is 0.562. The number of aryl methyl sites for hydroxylation is 1. The van der Waals surface area contributed by atoms with Gasteiger partial charge in [0.15, 0.2) is 0 Å². The summed E-state index contributed by atoms with van der Waals surface area (Å²) in [4.78, 5) is 10.9. The fourth-order valence-electron chi connectivity index (χ4n) is 1.92. The van der Waals surface area contributed by atoms with Gasteiger partial charge in [0.2, 0.25) is 0 Å². The van der Waals surface area contributed by atoms with E-state index in [4.69, 9.17) is 4.74 Å². The van der Waals surface area contributed by atoms with Crippen molar-refractivity contribution in [1.82, 2.24) is 0 Å². The van der Waals surface area contributed by atoms with E-state index in [1.54, 1.807) is 6.92 Å². The second-order valence-corrected chi connectivity index (χ2v) is 4.53. The maximum Gasteiger partial charge on any atom is 0.508 e. The van der Waals surface area contributed by atoms with Crippen molar-refractivity contribution >= 4 is 6.16 Å². The Labute approximate surface area is 115 Å². The molecule has 106 valence electrons. The molecule has 3 heteroatoms. The Kier molecular flexibility index (Phi) is 8.52. The van der Waals surface area contributed by atoms with Gasteiger partial charge in [-0.15, -0.1) is 0 Å². The summed E-state index contributed by atoms with van der Waals surface area (Å²) < 4.78 is 9.57. The van der Waals surface area contributed by atoms with E-state index in [0.717, 1.165) is 19.3 Å². The highest BCUT2D eigenvalue weighted by molar-refractivity contribution is 5.59. The average Bonchev–Trinajstić information content (AvgIpc) is 2.43. The number of hydrogen-bond acceptors (Lipinski definition) is 3. The van der Waals surface area contributed by atoms with Crippen molar-refractivity contribution in [2.24, 2.45) is 0 Å². The highest BCUT2D eigenvalue weighted by Gasteiger charge is 2.00. The lowest BCUT2D eigenvalue weighted by Gasteiger charge is -2.04. The molecule has 19 heavy (non-hydrogen) atoms. The Morgan fingerprint density at radius 2 is 1.63 bits per heavy atom. The third-order valence-corrected chi connectivity index (χ3v) is 2.93. The Morgan fingerprint density at radius 1 is 0.947 bits per heavy atom. The quantitative estimate of drug-likeness (QED) is 0.491. The first-order valence-electron chi connectivity index (χ1n) is 7.16. The number of rotatable bonds is 9. The molecule has 0 bridgehead atoms. The van der Waals surface area contributed by atoms with Gasteiger partial charge in [0.25, 0.3) is 0 Å². The van der Waals surface area contributed by atoms with Gasteiger partial charge in [0.05, 0.1) is 13.2 Å². The largest absolute Gasteiger partial charge is 0.508 e. The minimum atomic E-state index is -0.549. The molecule has 1 rings (SSSR count). The van der Waals surface area contributed by atoms with E-state index in [-0.39, 0.29) is 0 Å². The summed E-state index contributed by atoms with van der Waals surface area (Å²) >= 11 is 0. The number of carbonyl (C=O) groups is 1. The number of carbonyl (C=O) groups excluding carboxylic acids is 1. The van der Waals surface area contributed by atoms with Crippen LogP contribution in [0.1, 0.15) is 44.6 Å². The topological polar surface area (TPSA) is 35.5 Å². The first kappa shape index (κ1) is 15.5. The van der Waals surface area contributed by atoms with Crippen LogP contribution in [0.3, 0.4) is 0 Å². The molecule has 0 aliphatic heterocycles. The van der Waals surface area contributed by atoms with Crippen LogP contribution < -0.4 is 0 Å². The smallest absolute Gasteiger partial charge is 0.435 e. The second-order valence-electron chi connectivity index (χ2n) is 4.53. The summed E-state index contributed by atoms with van der Waals surface area (Å²) in [5.41, 5.74) is 1.41. The fourth-order valence-corrected chi connectivity index (χ4v) is 1.92. The molecule has 0 aromatic heterocycles. The van der Waals surface area contributed by atoms with E-state index in [2.05, 4.69) is 29.0 Å². The second kappa shape index (κ2) is 10.4. The molecule has 0 spiro atoms. The van der Waals surface area contributed by atoms with Crippen LogP contribution in [0.15, 0.2) is 30.3 Å². The molecule has 0 fully saturated rings. The van der Waals surface area contributed by atoms with Gasteiger partial charge in [-0.25, -0.2) is 4.79 Å². The highest BCUT2D eigenvalue weighted by atomic mass is 16.7. The zero-order valence-electron chi connectivity index (χ0n) is 11.8. The molecule has 0 aliphatic rings. The van der Waals surface area contributed by atoms with Crippen LogP contribution in [0.5, 0.6) is 0 Å². The molecule has 3 nitrogen and oxygen atoms in total. The summed E-state index contributed by atoms with van der Waals surface area (Å²) in [6.45, 7) is 2.61. The molecule has 0 aliphatic carbocycles. The molecule has 0 atom stereocenters. The van der Waals surface area contributed by atoms with Crippen molar-refractivity contribution in [3.05, 3.63) is 35.9 Å². The number of unbranched alkanes of at least 4 members (excludes halogenated alkanes) is 4. The summed E-state index contributed by atoms with van der Waals surface area (Å²) in [5, 5.41) is 0. The number of hydrogen-bond donors (Lipinski definition) is 0. The molecular formula is C16H24O3. The van der Waals surface area contributed by atoms with Gasteiger partial charge >= 0.3 is 6.16 Å². The maximum absolute atomic E-state index is 10.9. The molecule has 0 heterocycles. The van der Waals surface area contributed by atoms with Crippen LogP contribution >= 0.6 is 0 Å². The van der Waals surface area contributed by atoms with Crippen LogP contribution in [-0.4, -0.2) is 19.4 Å². The first-order valence-corrected chi connectivity index (χ1v) is 7.16. The maximum atomic E-state index is 10.9. The lowest BCUT2D eigenvalue weighted by molar-refractivity contribution is 0.0578. The van der Waals surface area contributed by atoms with Gasteiger partial charge in [0, 0.05) is 0 Å². The van der Waals surface area contributed by atoms with E-state index < -0.39 is 6.16 Å². The van der Waals surface area contributed by atoms with E-state index in [0.29, 0.717) is 13.2 Å². The van der Waals surface area contributed by atoms with Gasteiger partial charge in [-0.3, -0.25) is 0 Å². The Bertz CT molecular complexity index is 335. The van der Waals surface area contributed by atoms with E-state index in [1.165, 1.54) is 24.8 Å². The van der Waals surface area contributed by atoms with E-state index in [1.807, 2.05) is 6.07 Å². The average molecular weight is 264 g/mol. The van der Waals surface area contributed by atoms with Crippen molar-refractivity contribution < 1.29 is 14.3 Å². The van der Waals surface area contributed by atoms with Crippen LogP contribution in [-0.2, 0) is 15.9 Å². The standard InChI is InChI=1S/C16H24O3/c1-2-18-16(17)19-14-10-5-3-4-7-11-15-12-8-6-9-13-15/h6,8-9,12-13H,2-5,7,10-11,14H2,1H3.